The van der Waals surface area contributed by atoms with E-state index in [9.17, 15) is 0 Å². The molecular weight excluding hydrogens is 257 g/mol. The molecule has 0 aromatic heterocycles. The van der Waals surface area contributed by atoms with E-state index < -0.39 is 7.82 Å². The van der Waals surface area contributed by atoms with Crippen LogP contribution in [0.3, 0.4) is 0 Å². The second-order valence-corrected chi connectivity index (χ2v) is 1.54. The zero-order chi connectivity index (χ0) is 4.50. The normalized spacial score (nSPS) is 7.38. The van der Waals surface area contributed by atoms with Gasteiger partial charge in [-0.1, -0.05) is 0 Å². The summed E-state index contributed by atoms with van der Waals surface area (Å²) in [5.74, 6) is 0. The molecule has 0 aromatic carbocycles. The fraction of sp³-hybridized carbons (Fsp3) is 0. The zero-order valence-electron chi connectivity index (χ0n) is 5.20. The van der Waals surface area contributed by atoms with Crippen LogP contribution in [-0.2, 0) is 52.5 Å². The Labute approximate surface area is 104 Å². The van der Waals surface area contributed by atoms with Crippen molar-refractivity contribution >= 4 is 7.82 Å². The van der Waals surface area contributed by atoms with Gasteiger partial charge in [0.2, 0.25) is 0 Å². The molecule has 0 unspecified atom stereocenters. The second-order valence-electron chi connectivity index (χ2n) is 0.513. The van der Waals surface area contributed by atoms with E-state index in [-0.39, 0.29) is 78.9 Å². The van der Waals surface area contributed by atoms with Crippen molar-refractivity contribution in [1.29, 1.82) is 0 Å². The van der Waals surface area contributed by atoms with E-state index in [2.05, 4.69) is 0 Å². The van der Waals surface area contributed by atoms with Gasteiger partial charge in [0.15, 0.2) is 0 Å². The minimum absolute atomic E-state index is 0. The number of hydrogen-bond donors (Lipinski definition) is 3. The Morgan fingerprint density at radius 1 is 1.25 bits per heavy atom. The largest absolute Gasteiger partial charge is 1.00 e. The summed E-state index contributed by atoms with van der Waals surface area (Å²) in [6.07, 6.45) is 0. The smallest absolute Gasteiger partial charge is 1.00 e. The van der Waals surface area contributed by atoms with Gasteiger partial charge in [-0.05, 0) is 0 Å². The molecule has 0 saturated carbocycles. The molecule has 0 spiro atoms. The van der Waals surface area contributed by atoms with E-state index in [1.165, 1.54) is 0 Å². The van der Waals surface area contributed by atoms with Crippen LogP contribution in [0.2, 0.25) is 0 Å². The van der Waals surface area contributed by atoms with Gasteiger partial charge in [0, 0.05) is 47.9 Å². The molecule has 0 aliphatic rings. The van der Waals surface area contributed by atoms with Gasteiger partial charge in [0.1, 0.15) is 0 Å². The van der Waals surface area contributed by atoms with Crippen LogP contribution in [0, 0.1) is 0 Å². The van der Waals surface area contributed by atoms with Crippen molar-refractivity contribution in [1.82, 2.24) is 0 Å². The van der Waals surface area contributed by atoms with Crippen molar-refractivity contribution in [2.24, 2.45) is 0 Å². The summed E-state index contributed by atoms with van der Waals surface area (Å²) in [7, 11) is -4.64. The van der Waals surface area contributed by atoms with Crippen LogP contribution < -0.4 is 29.6 Å². The van der Waals surface area contributed by atoms with Gasteiger partial charge in [-0.15, -0.1) is 0 Å². The first-order valence-corrected chi connectivity index (χ1v) is 2.35. The van der Waals surface area contributed by atoms with Gasteiger partial charge >= 0.3 is 37.4 Å². The molecule has 0 rings (SSSR count). The van der Waals surface area contributed by atoms with Crippen LogP contribution in [0.5, 0.6) is 0 Å². The van der Waals surface area contributed by atoms with E-state index in [1.807, 2.05) is 0 Å². The topological polar surface area (TPSA) is 77.8 Å². The van der Waals surface area contributed by atoms with Gasteiger partial charge < -0.3 is 16.1 Å². The summed E-state index contributed by atoms with van der Waals surface area (Å²) in [6, 6.07) is 0. The van der Waals surface area contributed by atoms with E-state index in [0.29, 0.717) is 0 Å². The van der Waals surface area contributed by atoms with Crippen molar-refractivity contribution in [3.63, 3.8) is 0 Å². The maximum absolute atomic E-state index is 8.88. The first-order valence-electron chi connectivity index (χ1n) is 0.783. The minimum atomic E-state index is -4.64. The van der Waals surface area contributed by atoms with Crippen LogP contribution in [0.4, 0.5) is 0 Å². The number of hydrogen-bond acceptors (Lipinski definition) is 1. The van der Waals surface area contributed by atoms with Gasteiger partial charge in [-0.2, -0.15) is 0 Å². The van der Waals surface area contributed by atoms with Crippen LogP contribution in [0.1, 0.15) is 1.43 Å². The minimum Gasteiger partial charge on any atom is -1.00 e. The molecule has 0 aromatic rings. The molecule has 3 N–H and O–H groups in total. The molecule has 0 bridgehead atoms. The maximum atomic E-state index is 8.88. The first-order chi connectivity index (χ1) is 2.00. The monoisotopic (exact) mass is 260 g/mol. The summed E-state index contributed by atoms with van der Waals surface area (Å²) in [5, 5.41) is 0. The average molecular weight is 261 g/mol. The second kappa shape index (κ2) is 9.71. The zero-order valence-corrected chi connectivity index (χ0v) is 11.1. The summed E-state index contributed by atoms with van der Waals surface area (Å²) < 4.78 is 8.88. The third-order valence-electron chi connectivity index (χ3n) is 0. The predicted octanol–water partition coefficient (Wildman–Crippen LogP) is -3.82. The summed E-state index contributed by atoms with van der Waals surface area (Å²) in [5.41, 5.74) is 0. The Kier molecular flexibility index (Phi) is 27.2. The average Bonchev–Trinajstić information content (AvgIpc) is 0.722. The maximum Gasteiger partial charge on any atom is 1.00 e. The molecule has 0 atom stereocenters. The molecule has 4 nitrogen and oxygen atoms in total. The summed E-state index contributed by atoms with van der Waals surface area (Å²) >= 11 is 0. The molecule has 42 valence electrons. The van der Waals surface area contributed by atoms with Crippen molar-refractivity contribution in [2.75, 3.05) is 0 Å². The fourth-order valence-electron chi connectivity index (χ4n) is 0. The predicted molar refractivity (Wildman–Crippen MR) is 15.4 cm³/mol. The number of phosphoric acid groups is 1. The van der Waals surface area contributed by atoms with Crippen LogP contribution in [0.15, 0.2) is 0 Å². The SMILES string of the molecule is O=P(O)(O)O.[H-].[Na+].[Ti].[Zr]. The van der Waals surface area contributed by atoms with E-state index >= 15 is 0 Å². The molecule has 0 fully saturated rings. The molecule has 0 amide bonds. The third-order valence-corrected chi connectivity index (χ3v) is 0. The third kappa shape index (κ3) is 70.6. The summed E-state index contributed by atoms with van der Waals surface area (Å²) in [6.45, 7) is 0. The van der Waals surface area contributed by atoms with Gasteiger partial charge in [0.05, 0.1) is 0 Å². The van der Waals surface area contributed by atoms with E-state index in [4.69, 9.17) is 19.2 Å². The number of rotatable bonds is 0. The van der Waals surface area contributed by atoms with Crippen LogP contribution >= 0.6 is 7.82 Å². The van der Waals surface area contributed by atoms with Crippen LogP contribution in [0.25, 0.3) is 0 Å². The van der Waals surface area contributed by atoms with Crippen molar-refractivity contribution in [2.45, 2.75) is 0 Å². The fourth-order valence-corrected chi connectivity index (χ4v) is 0. The molecule has 0 aliphatic carbocycles. The van der Waals surface area contributed by atoms with E-state index in [1.54, 1.807) is 0 Å². The Hall–Kier alpha value is 2.71. The molecule has 0 heterocycles. The quantitative estimate of drug-likeness (QED) is 0.308. The molecule has 8 heteroatoms. The van der Waals surface area contributed by atoms with Crippen molar-refractivity contribution in [3.8, 4) is 0 Å². The van der Waals surface area contributed by atoms with Crippen LogP contribution in [-0.4, -0.2) is 14.7 Å². The van der Waals surface area contributed by atoms with Crippen molar-refractivity contribution in [3.05, 3.63) is 0 Å². The van der Waals surface area contributed by atoms with Gasteiger partial charge in [-0.3, -0.25) is 0 Å². The Morgan fingerprint density at radius 2 is 1.25 bits per heavy atom. The van der Waals surface area contributed by atoms with E-state index in [0.717, 1.165) is 0 Å². The molecular formula is H4NaO4PTiZr. The summed E-state index contributed by atoms with van der Waals surface area (Å²) in [4.78, 5) is 21.6. The molecule has 0 aliphatic heterocycles. The molecule has 8 heavy (non-hydrogen) atoms. The Morgan fingerprint density at radius 3 is 1.25 bits per heavy atom. The molecule has 0 saturated heterocycles. The van der Waals surface area contributed by atoms with Gasteiger partial charge in [-0.25, -0.2) is 4.57 Å². The molecule has 0 radical (unpaired) electrons. The Bertz CT molecular complexity index is 66.7. The first kappa shape index (κ1) is 22.4. The van der Waals surface area contributed by atoms with Crippen molar-refractivity contribution < 1.29 is 98.2 Å². The standard InChI is InChI=1S/Na.H3O4P.Ti.Zr.H/c;1-5(2,3)4;;;/h;(H3,1,2,3,4);;;/q+1;;;;-1. The Balaban J connectivity index is -0.0000000133. The van der Waals surface area contributed by atoms with Gasteiger partial charge in [0.25, 0.3) is 0 Å².